The highest BCUT2D eigenvalue weighted by atomic mass is 16.3. The smallest absolute Gasteiger partial charge is 0.0804 e. The molecule has 1 saturated carbocycles. The summed E-state index contributed by atoms with van der Waals surface area (Å²) in [4.78, 5) is 0. The molecule has 46 valence electrons. The summed E-state index contributed by atoms with van der Waals surface area (Å²) in [5.74, 6) is 0.642. The molecule has 0 unspecified atom stereocenters. The van der Waals surface area contributed by atoms with Crippen molar-refractivity contribution in [1.82, 2.24) is 5.32 Å². The second-order valence-corrected chi connectivity index (χ2v) is 2.97. The van der Waals surface area contributed by atoms with Crippen LogP contribution in [0.2, 0.25) is 0 Å². The number of aliphatic hydroxyl groups is 1. The number of nitrogens with one attached hydrogen (secondary N) is 1. The number of hydrogen-bond acceptors (Lipinski definition) is 2. The molecule has 1 heterocycles. The van der Waals surface area contributed by atoms with Crippen LogP contribution in [0.1, 0.15) is 12.8 Å². The minimum atomic E-state index is -0.266. The minimum absolute atomic E-state index is 0.266. The van der Waals surface area contributed by atoms with Gasteiger partial charge in [-0.15, -0.1) is 0 Å². The zero-order chi connectivity index (χ0) is 5.61. The van der Waals surface area contributed by atoms with E-state index in [2.05, 4.69) is 5.32 Å². The molecule has 1 aliphatic carbocycles. The first-order valence-electron chi connectivity index (χ1n) is 3.24. The van der Waals surface area contributed by atoms with E-state index in [0.29, 0.717) is 5.92 Å². The summed E-state index contributed by atoms with van der Waals surface area (Å²) in [6.07, 6.45) is 2.22. The maximum atomic E-state index is 9.39. The zero-order valence-electron chi connectivity index (χ0n) is 4.85. The first kappa shape index (κ1) is 4.77. The topological polar surface area (TPSA) is 32.3 Å². The average molecular weight is 113 g/mol. The van der Waals surface area contributed by atoms with Crippen LogP contribution in [0.15, 0.2) is 0 Å². The molecule has 0 aromatic rings. The second kappa shape index (κ2) is 1.25. The Labute approximate surface area is 48.9 Å². The number of β-amino-alcohol motifs (C(OH)–C–C–N with tert-alkyl or cyclic N) is 1. The molecule has 2 nitrogen and oxygen atoms in total. The van der Waals surface area contributed by atoms with Crippen molar-refractivity contribution in [3.8, 4) is 0 Å². The van der Waals surface area contributed by atoms with Crippen molar-refractivity contribution < 1.29 is 5.11 Å². The van der Waals surface area contributed by atoms with E-state index >= 15 is 0 Å². The Kier molecular flexibility index (Phi) is 0.746. The third-order valence-corrected chi connectivity index (χ3v) is 2.30. The van der Waals surface area contributed by atoms with Crippen molar-refractivity contribution in [2.24, 2.45) is 5.92 Å². The highest BCUT2D eigenvalue weighted by Gasteiger charge is 2.53. The molecule has 8 heavy (non-hydrogen) atoms. The van der Waals surface area contributed by atoms with Gasteiger partial charge in [-0.1, -0.05) is 0 Å². The Bertz CT molecular complexity index is 113. The quantitative estimate of drug-likeness (QED) is 0.453. The molecule has 2 fully saturated rings. The first-order chi connectivity index (χ1) is 3.81. The van der Waals surface area contributed by atoms with E-state index in [1.165, 1.54) is 6.42 Å². The van der Waals surface area contributed by atoms with Crippen LogP contribution in [-0.4, -0.2) is 23.8 Å². The third kappa shape index (κ3) is 0.501. The van der Waals surface area contributed by atoms with Gasteiger partial charge in [-0.2, -0.15) is 0 Å². The highest BCUT2D eigenvalue weighted by molar-refractivity contribution is 5.07. The van der Waals surface area contributed by atoms with Crippen molar-refractivity contribution in [3.05, 3.63) is 0 Å². The second-order valence-electron chi connectivity index (χ2n) is 2.97. The molecule has 2 aliphatic rings. The van der Waals surface area contributed by atoms with Crippen LogP contribution in [-0.2, 0) is 0 Å². The lowest BCUT2D eigenvalue weighted by Gasteiger charge is -2.16. The molecule has 0 aromatic carbocycles. The van der Waals surface area contributed by atoms with Crippen molar-refractivity contribution >= 4 is 0 Å². The summed E-state index contributed by atoms with van der Waals surface area (Å²) < 4.78 is 0. The van der Waals surface area contributed by atoms with E-state index in [9.17, 15) is 5.11 Å². The molecule has 0 spiro atoms. The molecule has 0 radical (unpaired) electrons. The van der Waals surface area contributed by atoms with Crippen molar-refractivity contribution in [3.63, 3.8) is 0 Å². The monoisotopic (exact) mass is 113 g/mol. The van der Waals surface area contributed by atoms with Gasteiger partial charge in [0, 0.05) is 6.54 Å². The van der Waals surface area contributed by atoms with Gasteiger partial charge in [0.2, 0.25) is 0 Å². The van der Waals surface area contributed by atoms with Crippen molar-refractivity contribution in [1.29, 1.82) is 0 Å². The van der Waals surface area contributed by atoms with Crippen LogP contribution in [0, 0.1) is 5.92 Å². The largest absolute Gasteiger partial charge is 0.388 e. The van der Waals surface area contributed by atoms with Crippen LogP contribution in [0.3, 0.4) is 0 Å². The van der Waals surface area contributed by atoms with Gasteiger partial charge in [-0.05, 0) is 25.3 Å². The summed E-state index contributed by atoms with van der Waals surface area (Å²) in [7, 11) is 0. The van der Waals surface area contributed by atoms with Gasteiger partial charge >= 0.3 is 0 Å². The minimum Gasteiger partial charge on any atom is -0.388 e. The number of hydrogen-bond donors (Lipinski definition) is 2. The van der Waals surface area contributed by atoms with Gasteiger partial charge in [-0.25, -0.2) is 0 Å². The van der Waals surface area contributed by atoms with E-state index in [1.54, 1.807) is 0 Å². The van der Waals surface area contributed by atoms with Crippen LogP contribution in [0.5, 0.6) is 0 Å². The molecule has 2 atom stereocenters. The Balaban J connectivity index is 2.04. The molecular formula is C6H11NO. The highest BCUT2D eigenvalue weighted by Crippen LogP contribution is 2.46. The normalized spacial score (nSPS) is 52.9. The molecule has 1 aliphatic heterocycles. The van der Waals surface area contributed by atoms with Gasteiger partial charge < -0.3 is 10.4 Å². The van der Waals surface area contributed by atoms with Crippen LogP contribution in [0.25, 0.3) is 0 Å². The average Bonchev–Trinajstić information content (AvgIpc) is 2.39. The van der Waals surface area contributed by atoms with E-state index in [1.807, 2.05) is 0 Å². The third-order valence-electron chi connectivity index (χ3n) is 2.30. The van der Waals surface area contributed by atoms with Crippen LogP contribution in [0.4, 0.5) is 0 Å². The molecule has 2 N–H and O–H groups in total. The molecular weight excluding hydrogens is 102 g/mol. The standard InChI is InChI=1S/C6H11NO/c8-6-3-5(6)1-2-7-4-6/h5,7-8H,1-4H2/t5-,6+/m1/s1. The van der Waals surface area contributed by atoms with E-state index in [-0.39, 0.29) is 5.60 Å². The van der Waals surface area contributed by atoms with Gasteiger partial charge in [-0.3, -0.25) is 0 Å². The van der Waals surface area contributed by atoms with Crippen molar-refractivity contribution in [2.75, 3.05) is 13.1 Å². The van der Waals surface area contributed by atoms with Gasteiger partial charge in [0.05, 0.1) is 5.60 Å². The maximum Gasteiger partial charge on any atom is 0.0804 e. The summed E-state index contributed by atoms with van der Waals surface area (Å²) in [6.45, 7) is 1.94. The van der Waals surface area contributed by atoms with Gasteiger partial charge in [0.15, 0.2) is 0 Å². The zero-order valence-corrected chi connectivity index (χ0v) is 4.85. The Morgan fingerprint density at radius 2 is 2.50 bits per heavy atom. The lowest BCUT2D eigenvalue weighted by atomic mass is 10.1. The van der Waals surface area contributed by atoms with Crippen LogP contribution < -0.4 is 5.32 Å². The molecule has 0 aromatic heterocycles. The van der Waals surface area contributed by atoms with Gasteiger partial charge in [0.25, 0.3) is 0 Å². The lowest BCUT2D eigenvalue weighted by Crippen LogP contribution is -2.35. The fraction of sp³-hybridized carbons (Fsp3) is 1.00. The van der Waals surface area contributed by atoms with E-state index in [0.717, 1.165) is 19.5 Å². The summed E-state index contributed by atoms with van der Waals surface area (Å²) >= 11 is 0. The Hall–Kier alpha value is -0.0800. The van der Waals surface area contributed by atoms with E-state index in [4.69, 9.17) is 0 Å². The fourth-order valence-electron chi connectivity index (χ4n) is 1.54. The molecule has 0 amide bonds. The first-order valence-corrected chi connectivity index (χ1v) is 3.24. The lowest BCUT2D eigenvalue weighted by molar-refractivity contribution is 0.114. The molecule has 1 saturated heterocycles. The molecule has 2 rings (SSSR count). The SMILES string of the molecule is O[C@@]12CNCC[C@@H]1C2. The van der Waals surface area contributed by atoms with Gasteiger partial charge in [0.1, 0.15) is 0 Å². The summed E-state index contributed by atoms with van der Waals surface area (Å²) in [5.41, 5.74) is -0.266. The summed E-state index contributed by atoms with van der Waals surface area (Å²) in [5, 5.41) is 12.6. The van der Waals surface area contributed by atoms with Crippen molar-refractivity contribution in [2.45, 2.75) is 18.4 Å². The van der Waals surface area contributed by atoms with E-state index < -0.39 is 0 Å². The fourth-order valence-corrected chi connectivity index (χ4v) is 1.54. The maximum absolute atomic E-state index is 9.39. The number of piperidine rings is 1. The predicted molar refractivity (Wildman–Crippen MR) is 30.5 cm³/mol. The number of rotatable bonds is 0. The Morgan fingerprint density at radius 3 is 3.00 bits per heavy atom. The molecule has 2 heteroatoms. The molecule has 0 bridgehead atoms. The predicted octanol–water partition coefficient (Wildman–Crippen LogP) is -0.269. The van der Waals surface area contributed by atoms with Crippen LogP contribution >= 0.6 is 0 Å². The summed E-state index contributed by atoms with van der Waals surface area (Å²) in [6, 6.07) is 0. The Morgan fingerprint density at radius 1 is 1.62 bits per heavy atom. The number of fused-ring (bicyclic) bond motifs is 1.